The van der Waals surface area contributed by atoms with Crippen LogP contribution in [-0.2, 0) is 23.9 Å². The summed E-state index contributed by atoms with van der Waals surface area (Å²) in [6, 6.07) is 15.4. The molecule has 1 N–H and O–H groups in total. The Hall–Kier alpha value is -3.48. The van der Waals surface area contributed by atoms with Gasteiger partial charge in [-0.25, -0.2) is 4.98 Å². The number of hydrogen-bond donors (Lipinski definition) is 1. The van der Waals surface area contributed by atoms with Gasteiger partial charge in [-0.05, 0) is 54.7 Å². The molecule has 3 aromatic rings. The number of aryl methyl sites for hydroxylation is 1. The second kappa shape index (κ2) is 9.79. The summed E-state index contributed by atoms with van der Waals surface area (Å²) in [5.41, 5.74) is 4.43. The molecule has 1 aliphatic rings. The Morgan fingerprint density at radius 3 is 2.47 bits per heavy atom. The van der Waals surface area contributed by atoms with E-state index in [-0.39, 0.29) is 6.04 Å². The molecule has 0 bridgehead atoms. The molecular weight excluding hydrogens is 439 g/mol. The van der Waals surface area contributed by atoms with Gasteiger partial charge in [-0.15, -0.1) is 0 Å². The van der Waals surface area contributed by atoms with Crippen molar-refractivity contribution in [1.82, 2.24) is 4.98 Å². The number of nitrogens with one attached hydrogen (secondary N) is 1. The highest BCUT2D eigenvalue weighted by atomic mass is 19.4. The lowest BCUT2D eigenvalue weighted by Crippen LogP contribution is -2.30. The van der Waals surface area contributed by atoms with Crippen LogP contribution in [0.5, 0.6) is 0 Å². The highest BCUT2D eigenvalue weighted by molar-refractivity contribution is 5.71. The Kier molecular flexibility index (Phi) is 6.82. The van der Waals surface area contributed by atoms with Gasteiger partial charge in [0.1, 0.15) is 11.6 Å². The van der Waals surface area contributed by atoms with Crippen molar-refractivity contribution in [2.24, 2.45) is 0 Å². The topological polar surface area (TPSA) is 37.4 Å². The molecule has 0 saturated carbocycles. The highest BCUT2D eigenvalue weighted by Crippen LogP contribution is 2.36. The molecule has 1 aliphatic heterocycles. The van der Waals surface area contributed by atoms with E-state index in [9.17, 15) is 13.2 Å². The van der Waals surface area contributed by atoms with Gasteiger partial charge in [-0.2, -0.15) is 13.2 Å². The number of pyridine rings is 1. The summed E-state index contributed by atoms with van der Waals surface area (Å²) in [7, 11) is 1.60. The molecule has 7 heteroatoms. The average Bonchev–Trinajstić information content (AvgIpc) is 2.83. The van der Waals surface area contributed by atoms with E-state index in [1.807, 2.05) is 30.3 Å². The summed E-state index contributed by atoms with van der Waals surface area (Å²) in [6.07, 6.45) is -0.598. The monoisotopic (exact) mass is 467 g/mol. The fourth-order valence-corrected chi connectivity index (χ4v) is 4.27. The fourth-order valence-electron chi connectivity index (χ4n) is 4.27. The summed E-state index contributed by atoms with van der Waals surface area (Å²) in [5.74, 6) is 1.40. The van der Waals surface area contributed by atoms with Crippen molar-refractivity contribution in [3.05, 3.63) is 95.2 Å². The predicted molar refractivity (Wildman–Crippen MR) is 130 cm³/mol. The number of aromatic nitrogens is 1. The Morgan fingerprint density at radius 1 is 1.12 bits per heavy atom. The zero-order chi connectivity index (χ0) is 24.3. The zero-order valence-corrected chi connectivity index (χ0v) is 19.3. The standard InChI is InChI=1S/C27H28F3N3O/c1-18(21-8-10-22(11-9-21)19(2)34-3)32-26-25-23(14-15-31-26)5-4-16-33(25)17-20-6-12-24(13-7-20)27(28,29)30/h6-15,18H,2,4-5,16-17H2,1,3H3,(H,31,32)/t18-/m1/s1. The van der Waals surface area contributed by atoms with E-state index < -0.39 is 11.7 Å². The Balaban J connectivity index is 1.55. The summed E-state index contributed by atoms with van der Waals surface area (Å²) in [5, 5.41) is 3.54. The molecule has 2 heterocycles. The van der Waals surface area contributed by atoms with Crippen molar-refractivity contribution in [1.29, 1.82) is 0 Å². The number of ether oxygens (including phenoxy) is 1. The van der Waals surface area contributed by atoms with Crippen molar-refractivity contribution in [2.45, 2.75) is 38.5 Å². The normalized spacial score (nSPS) is 14.3. The van der Waals surface area contributed by atoms with Crippen molar-refractivity contribution in [2.75, 3.05) is 23.9 Å². The molecular formula is C27H28F3N3O. The third-order valence-corrected chi connectivity index (χ3v) is 6.19. The smallest absolute Gasteiger partial charge is 0.416 e. The fraction of sp³-hybridized carbons (Fsp3) is 0.296. The molecule has 0 unspecified atom stereocenters. The molecule has 1 aromatic heterocycles. The minimum Gasteiger partial charge on any atom is -0.497 e. The number of fused-ring (bicyclic) bond motifs is 1. The molecule has 2 aromatic carbocycles. The summed E-state index contributed by atoms with van der Waals surface area (Å²) >= 11 is 0. The SMILES string of the molecule is C=C(OC)c1ccc([C@@H](C)Nc2nccc3c2N(Cc2ccc(C(F)(F)F)cc2)CCC3)cc1. The maximum absolute atomic E-state index is 12.9. The lowest BCUT2D eigenvalue weighted by atomic mass is 10.0. The van der Waals surface area contributed by atoms with Gasteiger partial charge in [-0.1, -0.05) is 43.0 Å². The average molecular weight is 468 g/mol. The molecule has 4 rings (SSSR count). The van der Waals surface area contributed by atoms with Crippen molar-refractivity contribution >= 4 is 17.3 Å². The first-order chi connectivity index (χ1) is 16.3. The first-order valence-electron chi connectivity index (χ1n) is 11.2. The van der Waals surface area contributed by atoms with E-state index in [0.717, 1.165) is 59.7 Å². The van der Waals surface area contributed by atoms with Crippen molar-refractivity contribution < 1.29 is 17.9 Å². The first-order valence-corrected chi connectivity index (χ1v) is 11.2. The van der Waals surface area contributed by atoms with Crippen LogP contribution in [0.2, 0.25) is 0 Å². The van der Waals surface area contributed by atoms with Gasteiger partial charge in [0.2, 0.25) is 0 Å². The van der Waals surface area contributed by atoms with Gasteiger partial charge in [0, 0.05) is 24.8 Å². The quantitative estimate of drug-likeness (QED) is 0.386. The number of nitrogens with zero attached hydrogens (tertiary/aromatic N) is 2. The molecule has 4 nitrogen and oxygen atoms in total. The molecule has 0 amide bonds. The van der Waals surface area contributed by atoms with Crippen molar-refractivity contribution in [3.63, 3.8) is 0 Å². The number of methoxy groups -OCH3 is 1. The van der Waals surface area contributed by atoms with E-state index in [1.54, 1.807) is 25.4 Å². The van der Waals surface area contributed by atoms with E-state index in [2.05, 4.69) is 28.7 Å². The summed E-state index contributed by atoms with van der Waals surface area (Å²) in [6.45, 7) is 7.30. The number of rotatable bonds is 7. The van der Waals surface area contributed by atoms with Crippen LogP contribution < -0.4 is 10.2 Å². The lowest BCUT2D eigenvalue weighted by molar-refractivity contribution is -0.137. The van der Waals surface area contributed by atoms with Crippen LogP contribution in [0.25, 0.3) is 5.76 Å². The molecule has 1 atom stereocenters. The minimum atomic E-state index is -4.33. The van der Waals surface area contributed by atoms with Gasteiger partial charge in [0.15, 0.2) is 0 Å². The van der Waals surface area contributed by atoms with Gasteiger partial charge in [0.05, 0.1) is 24.4 Å². The van der Waals surface area contributed by atoms with Gasteiger partial charge in [-0.3, -0.25) is 0 Å². The number of alkyl halides is 3. The molecule has 0 fully saturated rings. The Bertz CT molecular complexity index is 1140. The maximum Gasteiger partial charge on any atom is 0.416 e. The molecule has 0 saturated heterocycles. The van der Waals surface area contributed by atoms with Crippen LogP contribution in [0.15, 0.2) is 67.4 Å². The van der Waals surface area contributed by atoms with Crippen LogP contribution in [0.3, 0.4) is 0 Å². The number of benzene rings is 2. The van der Waals surface area contributed by atoms with Crippen LogP contribution in [0.1, 0.15) is 47.2 Å². The Labute approximate surface area is 198 Å². The summed E-state index contributed by atoms with van der Waals surface area (Å²) in [4.78, 5) is 6.82. The molecule has 0 aliphatic carbocycles. The Morgan fingerprint density at radius 2 is 1.82 bits per heavy atom. The first kappa shape index (κ1) is 23.7. The third-order valence-electron chi connectivity index (χ3n) is 6.19. The van der Waals surface area contributed by atoms with Crippen molar-refractivity contribution in [3.8, 4) is 0 Å². The van der Waals surface area contributed by atoms with Crippen LogP contribution in [0.4, 0.5) is 24.7 Å². The summed E-state index contributed by atoms with van der Waals surface area (Å²) < 4.78 is 44.0. The maximum atomic E-state index is 12.9. The number of hydrogen-bond acceptors (Lipinski definition) is 4. The largest absolute Gasteiger partial charge is 0.497 e. The highest BCUT2D eigenvalue weighted by Gasteiger charge is 2.30. The number of halogens is 3. The molecule has 178 valence electrons. The molecule has 34 heavy (non-hydrogen) atoms. The second-order valence-corrected chi connectivity index (χ2v) is 8.50. The van der Waals surface area contributed by atoms with Gasteiger partial charge >= 0.3 is 6.18 Å². The van der Waals surface area contributed by atoms with E-state index in [4.69, 9.17) is 4.74 Å². The minimum absolute atomic E-state index is 0.00120. The van der Waals surface area contributed by atoms with Crippen LogP contribution in [0, 0.1) is 0 Å². The van der Waals surface area contributed by atoms with E-state index in [1.165, 1.54) is 5.56 Å². The molecule has 0 radical (unpaired) electrons. The third kappa shape index (κ3) is 5.19. The lowest BCUT2D eigenvalue weighted by Gasteiger charge is -2.33. The number of anilines is 2. The molecule has 0 spiro atoms. The van der Waals surface area contributed by atoms with E-state index >= 15 is 0 Å². The van der Waals surface area contributed by atoms with Gasteiger partial charge in [0.25, 0.3) is 0 Å². The zero-order valence-electron chi connectivity index (χ0n) is 19.3. The van der Waals surface area contributed by atoms with Crippen LogP contribution >= 0.6 is 0 Å². The van der Waals surface area contributed by atoms with Crippen LogP contribution in [-0.4, -0.2) is 18.6 Å². The van der Waals surface area contributed by atoms with Gasteiger partial charge < -0.3 is 15.0 Å². The second-order valence-electron chi connectivity index (χ2n) is 8.50. The predicted octanol–water partition coefficient (Wildman–Crippen LogP) is 6.84. The van der Waals surface area contributed by atoms with E-state index in [0.29, 0.717) is 12.3 Å².